The Balaban J connectivity index is 2.12. The summed E-state index contributed by atoms with van der Waals surface area (Å²) in [4.78, 5) is 12.1. The summed E-state index contributed by atoms with van der Waals surface area (Å²) in [6.07, 6.45) is 1.95. The van der Waals surface area contributed by atoms with Crippen LogP contribution in [-0.4, -0.2) is 23.0 Å². The van der Waals surface area contributed by atoms with Crippen molar-refractivity contribution in [3.05, 3.63) is 34.3 Å². The van der Waals surface area contributed by atoms with Gasteiger partial charge in [-0.3, -0.25) is 4.79 Å². The molecule has 1 aliphatic rings. The van der Waals surface area contributed by atoms with Crippen LogP contribution in [0.25, 0.3) is 0 Å². The third-order valence-corrected chi connectivity index (χ3v) is 3.66. The molecule has 0 aromatic heterocycles. The minimum atomic E-state index is -0.409. The Morgan fingerprint density at radius 1 is 1.58 bits per heavy atom. The lowest BCUT2D eigenvalue weighted by Crippen LogP contribution is -2.46. The van der Waals surface area contributed by atoms with Crippen LogP contribution in [0.1, 0.15) is 28.8 Å². The summed E-state index contributed by atoms with van der Waals surface area (Å²) in [6.45, 7) is 1.83. The number of oxime groups is 1. The molecule has 1 unspecified atom stereocenters. The van der Waals surface area contributed by atoms with Gasteiger partial charge in [0.15, 0.2) is 5.84 Å². The Kier molecular flexibility index (Phi) is 3.95. The number of carbonyl (C=O) groups excluding carboxylic acids is 1. The zero-order valence-electron chi connectivity index (χ0n) is 10.6. The number of hydrogen-bond acceptors (Lipinski definition) is 3. The minimum absolute atomic E-state index is 0.0431. The van der Waals surface area contributed by atoms with E-state index in [-0.39, 0.29) is 17.7 Å². The van der Waals surface area contributed by atoms with Crippen LogP contribution >= 0.6 is 11.6 Å². The van der Waals surface area contributed by atoms with Crippen LogP contribution < -0.4 is 11.1 Å². The van der Waals surface area contributed by atoms with Gasteiger partial charge >= 0.3 is 0 Å². The van der Waals surface area contributed by atoms with E-state index in [1.54, 1.807) is 18.2 Å². The fourth-order valence-corrected chi connectivity index (χ4v) is 2.05. The monoisotopic (exact) mass is 281 g/mol. The zero-order valence-corrected chi connectivity index (χ0v) is 11.3. The van der Waals surface area contributed by atoms with Crippen LogP contribution in [-0.2, 0) is 0 Å². The van der Waals surface area contributed by atoms with Crippen molar-refractivity contribution >= 4 is 23.3 Å². The zero-order chi connectivity index (χ0) is 14.0. The first-order valence-electron chi connectivity index (χ1n) is 6.07. The first kappa shape index (κ1) is 13.7. The van der Waals surface area contributed by atoms with Crippen LogP contribution in [0.15, 0.2) is 23.4 Å². The number of amidine groups is 1. The average molecular weight is 282 g/mol. The topological polar surface area (TPSA) is 87.7 Å². The number of halogens is 1. The van der Waals surface area contributed by atoms with Gasteiger partial charge < -0.3 is 16.3 Å². The van der Waals surface area contributed by atoms with Crippen LogP contribution in [0, 0.1) is 12.8 Å². The molecule has 0 radical (unpaired) electrons. The van der Waals surface area contributed by atoms with E-state index in [1.807, 2.05) is 6.92 Å². The normalized spacial score (nSPS) is 17.1. The van der Waals surface area contributed by atoms with Gasteiger partial charge in [0.1, 0.15) is 0 Å². The molecule has 0 heterocycles. The number of rotatable bonds is 4. The Morgan fingerprint density at radius 3 is 2.79 bits per heavy atom. The second-order valence-corrected chi connectivity index (χ2v) is 5.18. The van der Waals surface area contributed by atoms with Gasteiger partial charge in [0, 0.05) is 10.6 Å². The number of aryl methyl sites for hydroxylation is 1. The summed E-state index contributed by atoms with van der Waals surface area (Å²) in [5, 5.41) is 15.1. The van der Waals surface area contributed by atoms with Crippen molar-refractivity contribution in [3.8, 4) is 0 Å². The van der Waals surface area contributed by atoms with Gasteiger partial charge in [-0.05, 0) is 49.4 Å². The highest BCUT2D eigenvalue weighted by atomic mass is 35.5. The largest absolute Gasteiger partial charge is 0.409 e. The lowest BCUT2D eigenvalue weighted by molar-refractivity contribution is 0.0943. The fourth-order valence-electron chi connectivity index (χ4n) is 1.94. The highest BCUT2D eigenvalue weighted by molar-refractivity contribution is 6.31. The predicted octanol–water partition coefficient (Wildman–Crippen LogP) is 1.90. The fraction of sp³-hybridized carbons (Fsp3) is 0.385. The van der Waals surface area contributed by atoms with Gasteiger partial charge in [-0.15, -0.1) is 0 Å². The number of benzene rings is 1. The van der Waals surface area contributed by atoms with Gasteiger partial charge in [0.2, 0.25) is 0 Å². The van der Waals surface area contributed by atoms with Gasteiger partial charge in [-0.25, -0.2) is 0 Å². The van der Waals surface area contributed by atoms with Gasteiger partial charge in [-0.2, -0.15) is 0 Å². The average Bonchev–Trinajstić information content (AvgIpc) is 3.22. The highest BCUT2D eigenvalue weighted by Crippen LogP contribution is 2.32. The molecular formula is C13H16ClN3O2. The Bertz CT molecular complexity index is 527. The van der Waals surface area contributed by atoms with E-state index in [1.165, 1.54) is 0 Å². The lowest BCUT2D eigenvalue weighted by Gasteiger charge is -2.16. The molecule has 19 heavy (non-hydrogen) atoms. The molecule has 102 valence electrons. The molecule has 1 atom stereocenters. The molecule has 1 aromatic carbocycles. The molecule has 0 aliphatic heterocycles. The molecule has 1 aliphatic carbocycles. The van der Waals surface area contributed by atoms with E-state index >= 15 is 0 Å². The maximum atomic E-state index is 12.1. The first-order chi connectivity index (χ1) is 9.02. The van der Waals surface area contributed by atoms with E-state index in [0.29, 0.717) is 10.6 Å². The number of nitrogens with two attached hydrogens (primary N) is 1. The van der Waals surface area contributed by atoms with E-state index < -0.39 is 6.04 Å². The number of carbonyl (C=O) groups is 1. The smallest absolute Gasteiger partial charge is 0.251 e. The van der Waals surface area contributed by atoms with Crippen molar-refractivity contribution in [3.63, 3.8) is 0 Å². The van der Waals surface area contributed by atoms with Crippen LogP contribution in [0.2, 0.25) is 5.02 Å². The molecule has 0 saturated heterocycles. The number of amides is 1. The molecule has 0 spiro atoms. The lowest BCUT2D eigenvalue weighted by atomic mass is 10.1. The molecule has 1 amide bonds. The quantitative estimate of drug-likeness (QED) is 0.341. The Morgan fingerprint density at radius 2 is 2.26 bits per heavy atom. The van der Waals surface area contributed by atoms with E-state index in [9.17, 15) is 4.79 Å². The van der Waals surface area contributed by atoms with Gasteiger partial charge in [-0.1, -0.05) is 16.8 Å². The molecular weight excluding hydrogens is 266 g/mol. The number of nitrogens with zero attached hydrogens (tertiary/aromatic N) is 1. The summed E-state index contributed by atoms with van der Waals surface area (Å²) in [7, 11) is 0. The van der Waals surface area contributed by atoms with Crippen molar-refractivity contribution in [2.75, 3.05) is 0 Å². The third-order valence-electron chi connectivity index (χ3n) is 3.23. The predicted molar refractivity (Wildman–Crippen MR) is 73.6 cm³/mol. The summed E-state index contributed by atoms with van der Waals surface area (Å²) in [6, 6.07) is 4.64. The van der Waals surface area contributed by atoms with Gasteiger partial charge in [0.05, 0.1) is 6.04 Å². The molecule has 1 fully saturated rings. The van der Waals surface area contributed by atoms with Gasteiger partial charge in [0.25, 0.3) is 5.91 Å². The molecule has 1 aromatic rings. The first-order valence-corrected chi connectivity index (χ1v) is 6.45. The van der Waals surface area contributed by atoms with Crippen LogP contribution in [0.5, 0.6) is 0 Å². The summed E-state index contributed by atoms with van der Waals surface area (Å²) >= 11 is 5.92. The minimum Gasteiger partial charge on any atom is -0.409 e. The molecule has 5 nitrogen and oxygen atoms in total. The summed E-state index contributed by atoms with van der Waals surface area (Å²) in [5.41, 5.74) is 6.95. The Hall–Kier alpha value is -1.75. The second-order valence-electron chi connectivity index (χ2n) is 4.78. The van der Waals surface area contributed by atoms with E-state index in [2.05, 4.69) is 10.5 Å². The van der Waals surface area contributed by atoms with Crippen molar-refractivity contribution < 1.29 is 10.0 Å². The number of nitrogens with one attached hydrogen (secondary N) is 1. The third kappa shape index (κ3) is 3.17. The standard InChI is InChI=1S/C13H16ClN3O2/c1-7-6-9(4-5-10(7)14)13(18)16-11(8-2-3-8)12(15)17-19/h4-6,8,11,19H,2-3H2,1H3,(H2,15,17)(H,16,18). The molecule has 1 saturated carbocycles. The second kappa shape index (κ2) is 5.48. The van der Waals surface area contributed by atoms with Crippen molar-refractivity contribution in [2.24, 2.45) is 16.8 Å². The van der Waals surface area contributed by atoms with Crippen molar-refractivity contribution in [1.29, 1.82) is 0 Å². The van der Waals surface area contributed by atoms with Crippen LogP contribution in [0.4, 0.5) is 0 Å². The molecule has 4 N–H and O–H groups in total. The Labute approximate surface area is 116 Å². The van der Waals surface area contributed by atoms with Crippen molar-refractivity contribution in [2.45, 2.75) is 25.8 Å². The number of hydrogen-bond donors (Lipinski definition) is 3. The van der Waals surface area contributed by atoms with Crippen molar-refractivity contribution in [1.82, 2.24) is 5.32 Å². The molecule has 6 heteroatoms. The molecule has 2 rings (SSSR count). The van der Waals surface area contributed by atoms with E-state index in [0.717, 1.165) is 18.4 Å². The summed E-state index contributed by atoms with van der Waals surface area (Å²) in [5.74, 6) is 0.0537. The highest BCUT2D eigenvalue weighted by Gasteiger charge is 2.35. The maximum absolute atomic E-state index is 12.1. The summed E-state index contributed by atoms with van der Waals surface area (Å²) < 4.78 is 0. The molecule has 0 bridgehead atoms. The maximum Gasteiger partial charge on any atom is 0.251 e. The van der Waals surface area contributed by atoms with Crippen LogP contribution in [0.3, 0.4) is 0 Å². The SMILES string of the molecule is Cc1cc(C(=O)NC(/C(N)=N/O)C2CC2)ccc1Cl. The van der Waals surface area contributed by atoms with E-state index in [4.69, 9.17) is 22.5 Å².